The Labute approximate surface area is 366 Å². The standard InChI is InChI=1S/C52H63N3O7/c1-3-24-55(51(58)41-21-20-38-16-8-9-17-39(38)32-41)48-35-46(53-61-36-37-14-6-5-7-15-37)44-33-40(18-10-12-28-56)43(19-11-13-29-57)49-45-34-42(59-31-27-54-25-26-54)22-23-47(45)62-52(48,50(44)49)60-30-4-2/h4-9,14-17,20-23,32-34,40,43,48-50,56-57H,2-3,10-13,18-19,24-31,35-36H2,1H3. The Morgan fingerprint density at radius 2 is 1.73 bits per heavy atom. The number of rotatable bonds is 22. The molecular weight excluding hydrogens is 779 g/mol. The molecule has 0 aromatic heterocycles. The van der Waals surface area contributed by atoms with Crippen LogP contribution >= 0.6 is 0 Å². The van der Waals surface area contributed by atoms with E-state index in [4.69, 9.17) is 24.2 Å². The van der Waals surface area contributed by atoms with Crippen molar-refractivity contribution in [3.05, 3.63) is 132 Å². The van der Waals surface area contributed by atoms with Gasteiger partial charge in [-0.3, -0.25) is 9.69 Å². The summed E-state index contributed by atoms with van der Waals surface area (Å²) in [5.74, 6) is -0.176. The van der Waals surface area contributed by atoms with E-state index in [1.807, 2.05) is 83.8 Å². The van der Waals surface area contributed by atoms with Crippen molar-refractivity contribution in [2.24, 2.45) is 22.9 Å². The third-order valence-corrected chi connectivity index (χ3v) is 13.2. The molecule has 8 rings (SSSR count). The van der Waals surface area contributed by atoms with E-state index in [1.54, 1.807) is 6.08 Å². The van der Waals surface area contributed by atoms with Crippen LogP contribution in [0.4, 0.5) is 0 Å². The Kier molecular flexibility index (Phi) is 14.4. The normalized spacial score (nSPS) is 24.4. The highest BCUT2D eigenvalue weighted by atomic mass is 16.7. The monoisotopic (exact) mass is 841 g/mol. The average Bonchev–Trinajstić information content (AvgIpc) is 4.13. The summed E-state index contributed by atoms with van der Waals surface area (Å²) < 4.78 is 21.1. The Hall–Kier alpha value is -5.00. The van der Waals surface area contributed by atoms with Crippen LogP contribution in [0, 0.1) is 17.8 Å². The largest absolute Gasteiger partial charge is 0.492 e. The van der Waals surface area contributed by atoms with E-state index in [9.17, 15) is 10.2 Å². The number of aliphatic hydroxyl groups is 2. The van der Waals surface area contributed by atoms with Crippen molar-refractivity contribution >= 4 is 22.4 Å². The van der Waals surface area contributed by atoms with Gasteiger partial charge in [0.2, 0.25) is 5.79 Å². The van der Waals surface area contributed by atoms with Gasteiger partial charge >= 0.3 is 0 Å². The summed E-state index contributed by atoms with van der Waals surface area (Å²) in [7, 11) is 0. The van der Waals surface area contributed by atoms with E-state index in [0.717, 1.165) is 90.0 Å². The van der Waals surface area contributed by atoms with Crippen LogP contribution in [0.15, 0.2) is 120 Å². The molecule has 4 aromatic carbocycles. The highest BCUT2D eigenvalue weighted by Crippen LogP contribution is 2.62. The van der Waals surface area contributed by atoms with Crippen LogP contribution in [0.5, 0.6) is 11.5 Å². The summed E-state index contributed by atoms with van der Waals surface area (Å²) in [6.07, 6.45) is 10.1. The summed E-state index contributed by atoms with van der Waals surface area (Å²) in [6.45, 7) is 11.1. The molecule has 1 amide bonds. The predicted octanol–water partition coefficient (Wildman–Crippen LogP) is 8.92. The zero-order chi connectivity index (χ0) is 42.9. The third-order valence-electron chi connectivity index (χ3n) is 13.2. The van der Waals surface area contributed by atoms with Gasteiger partial charge < -0.3 is 34.2 Å². The van der Waals surface area contributed by atoms with Gasteiger partial charge in [-0.15, -0.1) is 6.58 Å². The molecule has 0 spiro atoms. The van der Waals surface area contributed by atoms with Crippen molar-refractivity contribution in [2.45, 2.75) is 82.6 Å². The Balaban J connectivity index is 1.31. The van der Waals surface area contributed by atoms with Crippen molar-refractivity contribution in [3.8, 4) is 11.5 Å². The second kappa shape index (κ2) is 20.5. The van der Waals surface area contributed by atoms with Crippen LogP contribution in [0.25, 0.3) is 10.8 Å². The molecule has 6 atom stereocenters. The molecule has 6 unspecified atom stereocenters. The number of fused-ring (bicyclic) bond motifs is 3. The molecular formula is C52H63N3O7. The van der Waals surface area contributed by atoms with Gasteiger partial charge in [-0.05, 0) is 96.2 Å². The molecule has 10 nitrogen and oxygen atoms in total. The minimum Gasteiger partial charge on any atom is -0.492 e. The predicted molar refractivity (Wildman–Crippen MR) is 243 cm³/mol. The number of unbranched alkanes of at least 4 members (excludes halogenated alkanes) is 2. The van der Waals surface area contributed by atoms with Crippen LogP contribution in [-0.2, 0) is 16.2 Å². The molecule has 0 radical (unpaired) electrons. The van der Waals surface area contributed by atoms with Gasteiger partial charge in [-0.25, -0.2) is 0 Å². The molecule has 2 aliphatic carbocycles. The summed E-state index contributed by atoms with van der Waals surface area (Å²) in [6, 6.07) is 29.7. The molecule has 1 saturated heterocycles. The van der Waals surface area contributed by atoms with Gasteiger partial charge in [0.25, 0.3) is 5.91 Å². The molecule has 4 aliphatic rings. The maximum absolute atomic E-state index is 15.2. The molecule has 4 aromatic rings. The number of aliphatic hydroxyl groups excluding tert-OH is 2. The lowest BCUT2D eigenvalue weighted by atomic mass is 9.55. The lowest BCUT2D eigenvalue weighted by Crippen LogP contribution is -2.70. The Bertz CT molecular complexity index is 2200. The lowest BCUT2D eigenvalue weighted by molar-refractivity contribution is -0.254. The number of amides is 1. The number of carbonyl (C=O) groups is 1. The zero-order valence-corrected chi connectivity index (χ0v) is 36.2. The number of allylic oxidation sites excluding steroid dienone is 1. The third kappa shape index (κ3) is 9.49. The van der Waals surface area contributed by atoms with Crippen LogP contribution in [0.3, 0.4) is 0 Å². The van der Waals surface area contributed by atoms with E-state index in [0.29, 0.717) is 51.0 Å². The van der Waals surface area contributed by atoms with Crippen molar-refractivity contribution in [3.63, 3.8) is 0 Å². The molecule has 328 valence electrons. The van der Waals surface area contributed by atoms with Gasteiger partial charge in [0.05, 0.1) is 18.2 Å². The zero-order valence-electron chi connectivity index (χ0n) is 36.2. The van der Waals surface area contributed by atoms with E-state index >= 15 is 4.79 Å². The minimum atomic E-state index is -1.33. The second-order valence-electron chi connectivity index (χ2n) is 17.3. The Morgan fingerprint density at radius 1 is 0.952 bits per heavy atom. The van der Waals surface area contributed by atoms with E-state index in [-0.39, 0.29) is 43.5 Å². The number of benzene rings is 4. The summed E-state index contributed by atoms with van der Waals surface area (Å²) in [5.41, 5.74) is 4.46. The van der Waals surface area contributed by atoms with Gasteiger partial charge in [0.15, 0.2) is 0 Å². The van der Waals surface area contributed by atoms with E-state index in [1.165, 1.54) is 0 Å². The number of carbonyl (C=O) groups excluding carboxylic acids is 1. The fourth-order valence-electron chi connectivity index (χ4n) is 10.2. The molecule has 2 heterocycles. The molecule has 2 fully saturated rings. The van der Waals surface area contributed by atoms with Crippen LogP contribution < -0.4 is 9.47 Å². The SMILES string of the molecule is C=CCOC12Oc3ccc(OCCN4CC4)cc3C3C(CCCCO)C(CCCCO)C=C(C(=NOCc4ccccc4)CC1N(CCC)C(=O)c1ccc4ccccc4c1)C32. The fourth-order valence-corrected chi connectivity index (χ4v) is 10.2. The first-order chi connectivity index (χ1) is 30.5. The van der Waals surface area contributed by atoms with Crippen molar-refractivity contribution < 1.29 is 34.1 Å². The molecule has 0 bridgehead atoms. The number of ether oxygens (including phenoxy) is 3. The van der Waals surface area contributed by atoms with Gasteiger partial charge in [0.1, 0.15) is 30.8 Å². The first-order valence-electron chi connectivity index (χ1n) is 22.9. The van der Waals surface area contributed by atoms with Crippen LogP contribution in [0.2, 0.25) is 0 Å². The second-order valence-corrected chi connectivity index (χ2v) is 17.3. The molecule has 1 saturated carbocycles. The first kappa shape index (κ1) is 43.6. The summed E-state index contributed by atoms with van der Waals surface area (Å²) >= 11 is 0. The van der Waals surface area contributed by atoms with Crippen LogP contribution in [-0.4, -0.2) is 96.1 Å². The average molecular weight is 842 g/mol. The van der Waals surface area contributed by atoms with Gasteiger partial charge in [0, 0.05) is 62.9 Å². The smallest absolute Gasteiger partial charge is 0.254 e. The Morgan fingerprint density at radius 3 is 2.48 bits per heavy atom. The fraction of sp³-hybridized carbons (Fsp3) is 0.462. The van der Waals surface area contributed by atoms with E-state index < -0.39 is 17.7 Å². The van der Waals surface area contributed by atoms with Crippen molar-refractivity contribution in [1.29, 1.82) is 0 Å². The van der Waals surface area contributed by atoms with Gasteiger partial charge in [-0.2, -0.15) is 0 Å². The quantitative estimate of drug-likeness (QED) is 0.0349. The topological polar surface area (TPSA) is 113 Å². The van der Waals surface area contributed by atoms with Crippen LogP contribution in [0.1, 0.15) is 85.7 Å². The number of nitrogens with zero attached hydrogens (tertiary/aromatic N) is 3. The van der Waals surface area contributed by atoms with Crippen molar-refractivity contribution in [1.82, 2.24) is 9.80 Å². The number of hydrogen-bond donors (Lipinski definition) is 2. The summed E-state index contributed by atoms with van der Waals surface area (Å²) in [5, 5.41) is 27.0. The number of hydrogen-bond acceptors (Lipinski definition) is 9. The number of oxime groups is 1. The van der Waals surface area contributed by atoms with Crippen molar-refractivity contribution in [2.75, 3.05) is 52.6 Å². The van der Waals surface area contributed by atoms with Gasteiger partial charge in [-0.1, -0.05) is 97.7 Å². The summed E-state index contributed by atoms with van der Waals surface area (Å²) in [4.78, 5) is 25.9. The minimum absolute atomic E-state index is 0.0977. The maximum atomic E-state index is 15.2. The molecule has 62 heavy (non-hydrogen) atoms. The molecule has 10 heteroatoms. The highest BCUT2D eigenvalue weighted by Gasteiger charge is 2.65. The molecule has 2 N–H and O–H groups in total. The highest BCUT2D eigenvalue weighted by molar-refractivity contribution is 6.04. The molecule has 2 aliphatic heterocycles. The van der Waals surface area contributed by atoms with E-state index in [2.05, 4.69) is 36.6 Å². The first-order valence-corrected chi connectivity index (χ1v) is 22.9. The maximum Gasteiger partial charge on any atom is 0.254 e. The lowest BCUT2D eigenvalue weighted by Gasteiger charge is -2.60.